The monoisotopic (exact) mass is 653 g/mol. The second-order valence-corrected chi connectivity index (χ2v) is 13.5. The number of sulfonamides is 1. The Morgan fingerprint density at radius 2 is 1.43 bits per heavy atom. The van der Waals surface area contributed by atoms with Crippen LogP contribution in [0.4, 0.5) is 5.69 Å². The second kappa shape index (κ2) is 13.8. The van der Waals surface area contributed by atoms with Gasteiger partial charge in [-0.1, -0.05) is 6.07 Å². The first kappa shape index (κ1) is 32.0. The van der Waals surface area contributed by atoms with Crippen molar-refractivity contribution in [3.63, 3.8) is 0 Å². The van der Waals surface area contributed by atoms with Crippen LogP contribution in [-0.4, -0.2) is 84.3 Å². The zero-order chi connectivity index (χ0) is 33.0. The Morgan fingerprint density at radius 3 is 2.02 bits per heavy atom. The molecule has 0 aliphatic carbocycles. The van der Waals surface area contributed by atoms with Crippen LogP contribution in [0, 0.1) is 0 Å². The van der Waals surface area contributed by atoms with E-state index in [1.807, 2.05) is 12.1 Å². The summed E-state index contributed by atoms with van der Waals surface area (Å²) in [4.78, 5) is 50.3. The Labute approximate surface area is 273 Å². The molecule has 0 unspecified atom stereocenters. The Hall–Kier alpha value is -4.94. The molecule has 11 nitrogen and oxygen atoms in total. The Bertz CT molecular complexity index is 1850. The van der Waals surface area contributed by atoms with Gasteiger partial charge in [0, 0.05) is 81.0 Å². The third-order valence-electron chi connectivity index (χ3n) is 8.42. The van der Waals surface area contributed by atoms with Crippen LogP contribution >= 0.6 is 0 Å². The first-order valence-corrected chi connectivity index (χ1v) is 17.0. The molecule has 2 aliphatic heterocycles. The number of hydrogen-bond acceptors (Lipinski definition) is 9. The van der Waals surface area contributed by atoms with Crippen LogP contribution in [0.5, 0.6) is 11.6 Å². The highest BCUT2D eigenvalue weighted by atomic mass is 32.2. The summed E-state index contributed by atoms with van der Waals surface area (Å²) < 4.78 is 32.9. The van der Waals surface area contributed by atoms with Crippen molar-refractivity contribution in [3.8, 4) is 11.6 Å². The van der Waals surface area contributed by atoms with Gasteiger partial charge in [-0.05, 0) is 86.0 Å². The zero-order valence-electron chi connectivity index (χ0n) is 26.0. The fourth-order valence-electron chi connectivity index (χ4n) is 5.66. The first-order chi connectivity index (χ1) is 22.7. The summed E-state index contributed by atoms with van der Waals surface area (Å²) in [6.07, 6.45) is 4.91. The maximum atomic E-state index is 13.2. The van der Waals surface area contributed by atoms with Gasteiger partial charge in [0.2, 0.25) is 15.9 Å². The highest BCUT2D eigenvalue weighted by Gasteiger charge is 2.28. The molecular weight excluding hydrogens is 618 g/mol. The van der Waals surface area contributed by atoms with E-state index in [1.165, 1.54) is 17.4 Å². The number of nitrogens with zero attached hydrogens (tertiary/aromatic N) is 5. The lowest BCUT2D eigenvalue weighted by molar-refractivity contribution is 0.0740. The first-order valence-electron chi connectivity index (χ1n) is 15.5. The van der Waals surface area contributed by atoms with Gasteiger partial charge in [0.15, 0.2) is 11.6 Å². The van der Waals surface area contributed by atoms with Crippen molar-refractivity contribution in [1.29, 1.82) is 0 Å². The van der Waals surface area contributed by atoms with E-state index in [1.54, 1.807) is 71.8 Å². The highest BCUT2D eigenvalue weighted by molar-refractivity contribution is 7.89. The molecule has 2 aromatic carbocycles. The van der Waals surface area contributed by atoms with Crippen LogP contribution in [0.25, 0.3) is 0 Å². The lowest BCUT2D eigenvalue weighted by Crippen LogP contribution is -2.49. The molecule has 0 saturated carbocycles. The summed E-state index contributed by atoms with van der Waals surface area (Å²) >= 11 is 0. The molecule has 4 aromatic rings. The number of carbonyl (C=O) groups is 3. The molecule has 12 heteroatoms. The minimum atomic E-state index is -3.46. The van der Waals surface area contributed by atoms with E-state index in [2.05, 4.69) is 14.9 Å². The van der Waals surface area contributed by atoms with Crippen molar-refractivity contribution < 1.29 is 27.5 Å². The average Bonchev–Trinajstić information content (AvgIpc) is 3.66. The van der Waals surface area contributed by atoms with Crippen molar-refractivity contribution in [3.05, 3.63) is 108 Å². The Morgan fingerprint density at radius 1 is 0.745 bits per heavy atom. The summed E-state index contributed by atoms with van der Waals surface area (Å²) in [5.74, 6) is 0.532. The van der Waals surface area contributed by atoms with Gasteiger partial charge in [-0.2, -0.15) is 4.31 Å². The van der Waals surface area contributed by atoms with Crippen LogP contribution < -0.4 is 9.64 Å². The van der Waals surface area contributed by atoms with Gasteiger partial charge in [-0.15, -0.1) is 0 Å². The molecule has 2 saturated heterocycles. The smallest absolute Gasteiger partial charge is 0.272 e. The molecule has 0 radical (unpaired) electrons. The van der Waals surface area contributed by atoms with Gasteiger partial charge in [0.25, 0.3) is 5.91 Å². The summed E-state index contributed by atoms with van der Waals surface area (Å²) in [7, 11) is -3.46. The zero-order valence-corrected chi connectivity index (χ0v) is 26.9. The molecule has 1 amide bonds. The molecule has 0 atom stereocenters. The predicted octanol–water partition coefficient (Wildman–Crippen LogP) is 4.64. The van der Waals surface area contributed by atoms with Crippen LogP contribution in [0.3, 0.4) is 0 Å². The van der Waals surface area contributed by atoms with Gasteiger partial charge in [-0.3, -0.25) is 19.4 Å². The minimum Gasteiger partial charge on any atom is -0.439 e. The van der Waals surface area contributed by atoms with E-state index in [0.29, 0.717) is 72.5 Å². The fourth-order valence-corrected chi connectivity index (χ4v) is 7.18. The lowest BCUT2D eigenvalue weighted by Gasteiger charge is -2.36. The normalized spacial score (nSPS) is 15.4. The van der Waals surface area contributed by atoms with Crippen molar-refractivity contribution in [1.82, 2.24) is 19.2 Å². The summed E-state index contributed by atoms with van der Waals surface area (Å²) in [6, 6.07) is 20.4. The van der Waals surface area contributed by atoms with E-state index in [-0.39, 0.29) is 29.6 Å². The number of ketones is 2. The maximum absolute atomic E-state index is 13.2. The molecule has 4 heterocycles. The summed E-state index contributed by atoms with van der Waals surface area (Å²) in [5.41, 5.74) is 2.88. The standard InChI is InChI=1S/C35H35N5O6S/c1-25(41)27-5-10-30(11-6-27)46-34-15-4-26(23-37-34)22-33(42)28-7-14-32(36-24-28)35(43)39-20-18-38(19-21-39)29-8-12-31(13-9-29)47(44,45)40-16-2-3-17-40/h4-15,23-24H,2-3,16-22H2,1H3. The van der Waals surface area contributed by atoms with Crippen molar-refractivity contribution in [2.45, 2.75) is 31.1 Å². The molecule has 0 N–H and O–H groups in total. The molecule has 242 valence electrons. The van der Waals surface area contributed by atoms with E-state index in [0.717, 1.165) is 18.5 Å². The molecular formula is C35H35N5O6S. The quantitative estimate of drug-likeness (QED) is 0.225. The van der Waals surface area contributed by atoms with Gasteiger partial charge < -0.3 is 14.5 Å². The number of ether oxygens (including phenoxy) is 1. The highest BCUT2D eigenvalue weighted by Crippen LogP contribution is 2.25. The third-order valence-corrected chi connectivity index (χ3v) is 10.3. The number of piperazine rings is 1. The third kappa shape index (κ3) is 7.39. The van der Waals surface area contributed by atoms with Crippen LogP contribution in [-0.2, 0) is 16.4 Å². The molecule has 2 aromatic heterocycles. The molecule has 2 aliphatic rings. The average molecular weight is 654 g/mol. The van der Waals surface area contributed by atoms with Crippen molar-refractivity contribution >= 4 is 33.2 Å². The number of anilines is 1. The molecule has 0 spiro atoms. The van der Waals surface area contributed by atoms with Crippen LogP contribution in [0.15, 0.2) is 90.1 Å². The fraction of sp³-hybridized carbons (Fsp3) is 0.286. The van der Waals surface area contributed by atoms with Crippen LogP contribution in [0.1, 0.15) is 56.5 Å². The minimum absolute atomic E-state index is 0.0240. The SMILES string of the molecule is CC(=O)c1ccc(Oc2ccc(CC(=O)c3ccc(C(=O)N4CCN(c5ccc(S(=O)(=O)N6CCCC6)cc5)CC4)nc3)cn2)cc1. The molecule has 2 fully saturated rings. The number of rotatable bonds is 10. The van der Waals surface area contributed by atoms with E-state index in [9.17, 15) is 22.8 Å². The molecule has 6 rings (SSSR count). The maximum Gasteiger partial charge on any atom is 0.272 e. The lowest BCUT2D eigenvalue weighted by atomic mass is 10.1. The number of aromatic nitrogens is 2. The predicted molar refractivity (Wildman–Crippen MR) is 176 cm³/mol. The van der Waals surface area contributed by atoms with Gasteiger partial charge in [0.1, 0.15) is 11.4 Å². The number of Topliss-reactive ketones (excluding diaryl/α,β-unsaturated/α-hetero) is 2. The second-order valence-electron chi connectivity index (χ2n) is 11.6. The van der Waals surface area contributed by atoms with Gasteiger partial charge in [-0.25, -0.2) is 13.4 Å². The number of hydrogen-bond donors (Lipinski definition) is 0. The Balaban J connectivity index is 0.989. The molecule has 47 heavy (non-hydrogen) atoms. The number of carbonyl (C=O) groups excluding carboxylic acids is 3. The summed E-state index contributed by atoms with van der Waals surface area (Å²) in [5, 5.41) is 0. The van der Waals surface area contributed by atoms with E-state index < -0.39 is 10.0 Å². The van der Waals surface area contributed by atoms with Crippen LogP contribution in [0.2, 0.25) is 0 Å². The largest absolute Gasteiger partial charge is 0.439 e. The number of benzene rings is 2. The van der Waals surface area contributed by atoms with Gasteiger partial charge >= 0.3 is 0 Å². The number of amides is 1. The van der Waals surface area contributed by atoms with Crippen molar-refractivity contribution in [2.24, 2.45) is 0 Å². The molecule has 0 bridgehead atoms. The number of pyridine rings is 2. The Kier molecular flexibility index (Phi) is 9.41. The van der Waals surface area contributed by atoms with E-state index >= 15 is 0 Å². The van der Waals surface area contributed by atoms with Crippen molar-refractivity contribution in [2.75, 3.05) is 44.2 Å². The van der Waals surface area contributed by atoms with E-state index in [4.69, 9.17) is 4.74 Å². The topological polar surface area (TPSA) is 130 Å². The summed E-state index contributed by atoms with van der Waals surface area (Å²) in [6.45, 7) is 4.83. The van der Waals surface area contributed by atoms with Gasteiger partial charge in [0.05, 0.1) is 4.90 Å².